The van der Waals surface area contributed by atoms with Gasteiger partial charge in [0, 0.05) is 0 Å². The van der Waals surface area contributed by atoms with Crippen molar-refractivity contribution in [3.8, 4) is 0 Å². The van der Waals surface area contributed by atoms with Gasteiger partial charge >= 0.3 is 6.69 Å². The molecule has 0 saturated heterocycles. The normalized spacial score (nSPS) is 16.3. The van der Waals surface area contributed by atoms with Crippen LogP contribution in [0.3, 0.4) is 0 Å². The van der Waals surface area contributed by atoms with Gasteiger partial charge in [-0.15, -0.1) is 22.2 Å². The lowest BCUT2D eigenvalue weighted by atomic mass is 10.2. The van der Waals surface area contributed by atoms with Crippen molar-refractivity contribution in [3.05, 3.63) is 53.8 Å². The third-order valence-electron chi connectivity index (χ3n) is 2.55. The van der Waals surface area contributed by atoms with E-state index in [0.717, 1.165) is 18.0 Å². The zero-order chi connectivity index (χ0) is 10.7. The van der Waals surface area contributed by atoms with Gasteiger partial charge in [-0.05, 0) is 23.2 Å². The standard InChI is InChI=1S/C12H12Cl2Si/c13-15(14,11-7-3-1-4-8-11)12-9-5-2-6-10-12/h1-5,7-9H,6,10H2. The van der Waals surface area contributed by atoms with Crippen LogP contribution in [0.15, 0.2) is 53.8 Å². The van der Waals surface area contributed by atoms with Crippen molar-refractivity contribution < 1.29 is 0 Å². The number of hydrogen-bond acceptors (Lipinski definition) is 0. The molecule has 3 heteroatoms. The van der Waals surface area contributed by atoms with Crippen LogP contribution in [0.2, 0.25) is 0 Å². The average Bonchev–Trinajstić information content (AvgIpc) is 2.31. The van der Waals surface area contributed by atoms with Crippen molar-refractivity contribution in [1.82, 2.24) is 0 Å². The molecule has 0 unspecified atom stereocenters. The van der Waals surface area contributed by atoms with E-state index in [2.05, 4.69) is 12.2 Å². The van der Waals surface area contributed by atoms with Crippen molar-refractivity contribution in [2.24, 2.45) is 0 Å². The van der Waals surface area contributed by atoms with Crippen LogP contribution in [0.4, 0.5) is 0 Å². The Kier molecular flexibility index (Phi) is 3.34. The smallest absolute Gasteiger partial charge is 0.134 e. The van der Waals surface area contributed by atoms with Gasteiger partial charge in [-0.25, -0.2) is 0 Å². The number of halogens is 2. The van der Waals surface area contributed by atoms with E-state index in [1.807, 2.05) is 36.4 Å². The second kappa shape index (κ2) is 4.56. The Morgan fingerprint density at radius 2 is 1.80 bits per heavy atom. The fourth-order valence-corrected chi connectivity index (χ4v) is 5.14. The highest BCUT2D eigenvalue weighted by molar-refractivity contribution is 7.53. The average molecular weight is 255 g/mol. The predicted octanol–water partition coefficient (Wildman–Crippen LogP) is 3.63. The van der Waals surface area contributed by atoms with Crippen LogP contribution in [-0.2, 0) is 0 Å². The van der Waals surface area contributed by atoms with Crippen molar-refractivity contribution in [3.63, 3.8) is 0 Å². The number of hydrogen-bond donors (Lipinski definition) is 0. The van der Waals surface area contributed by atoms with Crippen molar-refractivity contribution in [1.29, 1.82) is 0 Å². The second-order valence-electron chi connectivity index (χ2n) is 3.60. The summed E-state index contributed by atoms with van der Waals surface area (Å²) in [5.74, 6) is 0. The van der Waals surface area contributed by atoms with E-state index in [0.29, 0.717) is 0 Å². The van der Waals surface area contributed by atoms with Gasteiger partial charge in [-0.1, -0.05) is 48.6 Å². The molecule has 0 N–H and O–H groups in total. The van der Waals surface area contributed by atoms with Crippen molar-refractivity contribution in [2.75, 3.05) is 0 Å². The Bertz CT molecular complexity index is 393. The number of rotatable bonds is 2. The SMILES string of the molecule is Cl[Si](Cl)(C1=CC=CCC1)c1ccccc1. The van der Waals surface area contributed by atoms with Gasteiger partial charge in [-0.3, -0.25) is 0 Å². The molecule has 0 bridgehead atoms. The molecule has 0 radical (unpaired) electrons. The quantitative estimate of drug-likeness (QED) is 0.559. The summed E-state index contributed by atoms with van der Waals surface area (Å²) < 4.78 is 0. The molecule has 1 aromatic rings. The van der Waals surface area contributed by atoms with E-state index in [1.165, 1.54) is 5.20 Å². The van der Waals surface area contributed by atoms with Gasteiger partial charge in [0.1, 0.15) is 0 Å². The van der Waals surface area contributed by atoms with Crippen LogP contribution in [0, 0.1) is 0 Å². The molecule has 0 aliphatic heterocycles. The molecule has 0 aromatic heterocycles. The lowest BCUT2D eigenvalue weighted by Gasteiger charge is -2.22. The maximum Gasteiger partial charge on any atom is 0.306 e. The van der Waals surface area contributed by atoms with Crippen LogP contribution in [0.1, 0.15) is 12.8 Å². The molecule has 0 fully saturated rings. The lowest BCUT2D eigenvalue weighted by Crippen LogP contribution is -2.39. The summed E-state index contributed by atoms with van der Waals surface area (Å²) >= 11 is 13.1. The van der Waals surface area contributed by atoms with Gasteiger partial charge in [0.05, 0.1) is 0 Å². The van der Waals surface area contributed by atoms with Crippen LogP contribution in [-0.4, -0.2) is 6.69 Å². The Hall–Kier alpha value is -0.503. The molecule has 0 nitrogen and oxygen atoms in total. The minimum absolute atomic E-state index is 0.991. The van der Waals surface area contributed by atoms with E-state index in [-0.39, 0.29) is 0 Å². The molecule has 0 spiro atoms. The summed E-state index contributed by atoms with van der Waals surface area (Å²) in [6, 6.07) is 10.00. The van der Waals surface area contributed by atoms with Crippen LogP contribution in [0.5, 0.6) is 0 Å². The molecular formula is C12H12Cl2Si. The molecule has 1 aliphatic rings. The van der Waals surface area contributed by atoms with Crippen molar-refractivity contribution in [2.45, 2.75) is 12.8 Å². The summed E-state index contributed by atoms with van der Waals surface area (Å²) in [6.07, 6.45) is 8.31. The van der Waals surface area contributed by atoms with E-state index in [4.69, 9.17) is 22.2 Å². The molecule has 15 heavy (non-hydrogen) atoms. The summed E-state index contributed by atoms with van der Waals surface area (Å²) in [6.45, 7) is -2.42. The van der Waals surface area contributed by atoms with Crippen LogP contribution < -0.4 is 5.19 Å². The molecular weight excluding hydrogens is 243 g/mol. The lowest BCUT2D eigenvalue weighted by molar-refractivity contribution is 1.01. The first-order valence-corrected chi connectivity index (χ1v) is 9.03. The van der Waals surface area contributed by atoms with Gasteiger partial charge < -0.3 is 0 Å². The van der Waals surface area contributed by atoms with Crippen LogP contribution in [0.25, 0.3) is 0 Å². The molecule has 0 atom stereocenters. The summed E-state index contributed by atoms with van der Waals surface area (Å²) in [4.78, 5) is 0. The van der Waals surface area contributed by atoms with Crippen molar-refractivity contribution >= 4 is 34.0 Å². The molecule has 2 rings (SSSR count). The predicted molar refractivity (Wildman–Crippen MR) is 70.0 cm³/mol. The summed E-state index contributed by atoms with van der Waals surface area (Å²) in [7, 11) is 0. The summed E-state index contributed by atoms with van der Waals surface area (Å²) in [5.41, 5.74) is 0. The molecule has 1 aliphatic carbocycles. The summed E-state index contributed by atoms with van der Waals surface area (Å²) in [5, 5.41) is 2.29. The molecule has 0 amide bonds. The van der Waals surface area contributed by atoms with E-state index in [1.54, 1.807) is 0 Å². The highest BCUT2D eigenvalue weighted by Gasteiger charge is 2.35. The monoisotopic (exact) mass is 254 g/mol. The Balaban J connectivity index is 2.34. The molecule has 1 aromatic carbocycles. The largest absolute Gasteiger partial charge is 0.306 e. The fraction of sp³-hybridized carbons (Fsp3) is 0.167. The van der Waals surface area contributed by atoms with Gasteiger partial charge in [0.2, 0.25) is 0 Å². The second-order valence-corrected chi connectivity index (χ2v) is 9.95. The zero-order valence-corrected chi connectivity index (χ0v) is 10.8. The maximum atomic E-state index is 6.54. The third-order valence-corrected chi connectivity index (χ3v) is 7.60. The first kappa shape index (κ1) is 11.0. The fourth-order valence-electron chi connectivity index (χ4n) is 1.70. The van der Waals surface area contributed by atoms with Gasteiger partial charge in [0.15, 0.2) is 0 Å². The minimum atomic E-state index is -2.42. The Morgan fingerprint density at radius 1 is 1.07 bits per heavy atom. The van der Waals surface area contributed by atoms with Gasteiger partial charge in [0.25, 0.3) is 0 Å². The molecule has 78 valence electrons. The molecule has 0 saturated carbocycles. The third kappa shape index (κ3) is 2.36. The van der Waals surface area contributed by atoms with E-state index >= 15 is 0 Å². The van der Waals surface area contributed by atoms with E-state index in [9.17, 15) is 0 Å². The number of allylic oxidation sites excluding steroid dienone is 4. The Labute approximate surface area is 101 Å². The van der Waals surface area contributed by atoms with Gasteiger partial charge in [-0.2, -0.15) is 0 Å². The first-order valence-electron chi connectivity index (χ1n) is 5.01. The Morgan fingerprint density at radius 3 is 2.40 bits per heavy atom. The zero-order valence-electron chi connectivity index (χ0n) is 8.29. The highest BCUT2D eigenvalue weighted by atomic mass is 35.7. The minimum Gasteiger partial charge on any atom is -0.134 e. The van der Waals surface area contributed by atoms with Crippen LogP contribution >= 0.6 is 22.2 Å². The maximum absolute atomic E-state index is 6.54. The highest BCUT2D eigenvalue weighted by Crippen LogP contribution is 2.29. The topological polar surface area (TPSA) is 0 Å². The van der Waals surface area contributed by atoms with E-state index < -0.39 is 6.69 Å². The first-order chi connectivity index (χ1) is 7.21. The number of benzene rings is 1. The molecule has 0 heterocycles.